The molecular weight excluding hydrogens is 449 g/mol. The first-order valence-corrected chi connectivity index (χ1v) is 11.9. The number of carbonyl (C=O) groups excluding carboxylic acids is 2. The zero-order valence-corrected chi connectivity index (χ0v) is 20.7. The van der Waals surface area contributed by atoms with Gasteiger partial charge >= 0.3 is 0 Å². The number of amides is 2. The zero-order valence-electron chi connectivity index (χ0n) is 20.7. The van der Waals surface area contributed by atoms with Crippen LogP contribution in [0.1, 0.15) is 62.0 Å². The summed E-state index contributed by atoms with van der Waals surface area (Å²) in [6, 6.07) is 2.84. The molecule has 1 aromatic rings. The van der Waals surface area contributed by atoms with Gasteiger partial charge in [-0.3, -0.25) is 9.59 Å². The first-order chi connectivity index (χ1) is 16.5. The third-order valence-corrected chi connectivity index (χ3v) is 5.76. The third-order valence-electron chi connectivity index (χ3n) is 5.76. The van der Waals surface area contributed by atoms with Crippen molar-refractivity contribution in [3.8, 4) is 0 Å². The maximum Gasteiger partial charge on any atom is 0.256 e. The van der Waals surface area contributed by atoms with Gasteiger partial charge in [-0.25, -0.2) is 4.39 Å². The van der Waals surface area contributed by atoms with Crippen molar-refractivity contribution in [2.45, 2.75) is 65.3 Å². The van der Waals surface area contributed by atoms with Gasteiger partial charge in [0.05, 0.1) is 17.5 Å². The highest BCUT2D eigenvalue weighted by molar-refractivity contribution is 5.95. The van der Waals surface area contributed by atoms with E-state index in [-0.39, 0.29) is 12.1 Å². The van der Waals surface area contributed by atoms with Crippen molar-refractivity contribution in [2.24, 2.45) is 16.1 Å². The molecule has 3 N–H and O–H groups in total. The fraction of sp³-hybridized carbons (Fsp3) is 0.462. The number of carbonyl (C=O) groups is 2. The summed E-state index contributed by atoms with van der Waals surface area (Å²) in [6.07, 6.45) is 10.4. The molecule has 2 aliphatic heterocycles. The topological polar surface area (TPSA) is 106 Å². The molecule has 8 nitrogen and oxygen atoms in total. The van der Waals surface area contributed by atoms with Crippen LogP contribution < -0.4 is 10.6 Å². The van der Waals surface area contributed by atoms with Gasteiger partial charge in [-0.1, -0.05) is 19.9 Å². The van der Waals surface area contributed by atoms with Gasteiger partial charge < -0.3 is 20.6 Å². The summed E-state index contributed by atoms with van der Waals surface area (Å²) in [5, 5.41) is 23.9. The Bertz CT molecular complexity index is 1070. The summed E-state index contributed by atoms with van der Waals surface area (Å²) < 4.78 is 14.8. The minimum Gasteiger partial charge on any atom is -0.381 e. The van der Waals surface area contributed by atoms with E-state index in [2.05, 4.69) is 34.7 Å². The molecule has 188 valence electrons. The number of fused-ring (bicyclic) bond motifs is 1. The van der Waals surface area contributed by atoms with Crippen LogP contribution in [0.3, 0.4) is 0 Å². The monoisotopic (exact) mass is 483 g/mol. The van der Waals surface area contributed by atoms with Crippen molar-refractivity contribution in [3.05, 3.63) is 58.6 Å². The molecule has 2 aliphatic rings. The van der Waals surface area contributed by atoms with Crippen LogP contribution in [0.2, 0.25) is 0 Å². The van der Waals surface area contributed by atoms with Crippen LogP contribution in [0.4, 0.5) is 4.39 Å². The summed E-state index contributed by atoms with van der Waals surface area (Å²) >= 11 is 0. The largest absolute Gasteiger partial charge is 0.381 e. The van der Waals surface area contributed by atoms with Gasteiger partial charge in [-0.2, -0.15) is 10.2 Å². The second-order valence-corrected chi connectivity index (χ2v) is 9.75. The van der Waals surface area contributed by atoms with E-state index in [1.807, 2.05) is 0 Å². The molecule has 0 fully saturated rings. The van der Waals surface area contributed by atoms with Crippen LogP contribution in [0.25, 0.3) is 0 Å². The highest BCUT2D eigenvalue weighted by atomic mass is 19.1. The van der Waals surface area contributed by atoms with Crippen LogP contribution in [-0.4, -0.2) is 52.6 Å². The van der Waals surface area contributed by atoms with Crippen LogP contribution in [0, 0.1) is 11.7 Å². The maximum atomic E-state index is 14.8. The molecule has 35 heavy (non-hydrogen) atoms. The Morgan fingerprint density at radius 3 is 2.80 bits per heavy atom. The number of halogens is 1. The van der Waals surface area contributed by atoms with Crippen molar-refractivity contribution < 1.29 is 19.1 Å². The van der Waals surface area contributed by atoms with E-state index in [4.69, 9.17) is 0 Å². The lowest BCUT2D eigenvalue weighted by atomic mass is 9.95. The van der Waals surface area contributed by atoms with E-state index in [1.54, 1.807) is 30.7 Å². The molecule has 2 amide bonds. The Labute approximate surface area is 205 Å². The van der Waals surface area contributed by atoms with Crippen LogP contribution in [-0.2, 0) is 17.8 Å². The van der Waals surface area contributed by atoms with Gasteiger partial charge in [0, 0.05) is 19.3 Å². The number of rotatable bonds is 8. The summed E-state index contributed by atoms with van der Waals surface area (Å²) in [5.41, 5.74) is 0.506. The van der Waals surface area contributed by atoms with Crippen LogP contribution in [0.15, 0.2) is 46.3 Å². The lowest BCUT2D eigenvalue weighted by Gasteiger charge is -2.33. The molecule has 0 radical (unpaired) electrons. The summed E-state index contributed by atoms with van der Waals surface area (Å²) in [6.45, 7) is 7.77. The first-order valence-electron chi connectivity index (χ1n) is 11.9. The predicted molar refractivity (Wildman–Crippen MR) is 134 cm³/mol. The standard InChI is InChI=1S/C26H34FN5O3/c1-17(2)7-6-11-28-29-15-20-8-5-9-23(30-20)31-24(33)21-13-19-16-32(25(34)26(3,4)35)12-10-18(19)14-22(21)27/h5,8-9,11,13-15,17,23,30,35H,6-7,10,12,16H2,1-4H3,(H,31,33)/b28-11+,29-15+. The molecule has 9 heteroatoms. The summed E-state index contributed by atoms with van der Waals surface area (Å²) in [5.74, 6) is -0.989. The number of hydrogen-bond donors (Lipinski definition) is 3. The molecular formula is C26H34FN5O3. The Balaban J connectivity index is 1.62. The normalized spacial score (nSPS) is 18.1. The maximum absolute atomic E-state index is 14.8. The van der Waals surface area contributed by atoms with Gasteiger partial charge in [0.2, 0.25) is 0 Å². The Morgan fingerprint density at radius 1 is 1.31 bits per heavy atom. The van der Waals surface area contributed by atoms with Crippen LogP contribution in [0.5, 0.6) is 0 Å². The third kappa shape index (κ3) is 7.32. The van der Waals surface area contributed by atoms with Crippen molar-refractivity contribution in [1.82, 2.24) is 15.5 Å². The Kier molecular flexibility index (Phi) is 8.56. The molecule has 2 heterocycles. The van der Waals surface area contributed by atoms with E-state index in [9.17, 15) is 19.1 Å². The number of nitrogens with zero attached hydrogens (tertiary/aromatic N) is 3. The van der Waals surface area contributed by atoms with Gasteiger partial charge in [0.1, 0.15) is 17.6 Å². The van der Waals surface area contributed by atoms with E-state index >= 15 is 0 Å². The summed E-state index contributed by atoms with van der Waals surface area (Å²) in [4.78, 5) is 26.8. The molecule has 0 aromatic heterocycles. The highest BCUT2D eigenvalue weighted by Crippen LogP contribution is 2.24. The molecule has 1 unspecified atom stereocenters. The Hall–Kier alpha value is -3.33. The number of allylic oxidation sites excluding steroid dienone is 3. The van der Waals surface area contributed by atoms with E-state index in [1.165, 1.54) is 30.9 Å². The number of nitrogens with one attached hydrogen (secondary N) is 2. The van der Waals surface area contributed by atoms with Crippen molar-refractivity contribution in [3.63, 3.8) is 0 Å². The highest BCUT2D eigenvalue weighted by Gasteiger charge is 2.32. The van der Waals surface area contributed by atoms with E-state index in [0.717, 1.165) is 18.4 Å². The number of hydrogen-bond acceptors (Lipinski definition) is 6. The average Bonchev–Trinajstić information content (AvgIpc) is 2.79. The number of benzene rings is 1. The van der Waals surface area contributed by atoms with Gasteiger partial charge in [0.15, 0.2) is 0 Å². The molecule has 3 rings (SSSR count). The lowest BCUT2D eigenvalue weighted by Crippen LogP contribution is -2.47. The number of aliphatic hydroxyl groups is 1. The molecule has 0 saturated carbocycles. The molecule has 1 atom stereocenters. The van der Waals surface area contributed by atoms with Gasteiger partial charge in [-0.05, 0) is 74.4 Å². The van der Waals surface area contributed by atoms with Crippen LogP contribution >= 0.6 is 0 Å². The quantitative estimate of drug-likeness (QED) is 0.390. The Morgan fingerprint density at radius 2 is 2.09 bits per heavy atom. The van der Waals surface area contributed by atoms with Crippen molar-refractivity contribution >= 4 is 24.2 Å². The predicted octanol–water partition coefficient (Wildman–Crippen LogP) is 3.07. The molecule has 0 saturated heterocycles. The SMILES string of the molecule is CC(C)CC/C=N/N=C/C1=CC=CC(NC(=O)c2cc3c(cc2F)CCN(C(=O)C(C)(C)O)C3)N1. The first kappa shape index (κ1) is 26.3. The van der Waals surface area contributed by atoms with E-state index < -0.39 is 29.4 Å². The smallest absolute Gasteiger partial charge is 0.256 e. The van der Waals surface area contributed by atoms with Gasteiger partial charge in [0.25, 0.3) is 11.8 Å². The fourth-order valence-electron chi connectivity index (χ4n) is 3.85. The van der Waals surface area contributed by atoms with Crippen molar-refractivity contribution in [1.29, 1.82) is 0 Å². The molecule has 0 bridgehead atoms. The molecule has 1 aromatic carbocycles. The minimum atomic E-state index is -1.50. The lowest BCUT2D eigenvalue weighted by molar-refractivity contribution is -0.148. The fourth-order valence-corrected chi connectivity index (χ4v) is 3.85. The zero-order chi connectivity index (χ0) is 25.6. The van der Waals surface area contributed by atoms with E-state index in [0.29, 0.717) is 30.1 Å². The second-order valence-electron chi connectivity index (χ2n) is 9.75. The molecule has 0 aliphatic carbocycles. The van der Waals surface area contributed by atoms with Crippen molar-refractivity contribution in [2.75, 3.05) is 6.54 Å². The average molecular weight is 484 g/mol. The minimum absolute atomic E-state index is 0.101. The summed E-state index contributed by atoms with van der Waals surface area (Å²) in [7, 11) is 0. The number of dihydropyridines is 1. The second kappa shape index (κ2) is 11.4. The van der Waals surface area contributed by atoms with Gasteiger partial charge in [-0.15, -0.1) is 0 Å². The molecule has 0 spiro atoms.